The highest BCUT2D eigenvalue weighted by molar-refractivity contribution is 6.01. The average molecular weight is 669 g/mol. The van der Waals surface area contributed by atoms with Crippen LogP contribution in [0.1, 0.15) is 106 Å². The largest absolute Gasteiger partial charge is 0.496 e. The van der Waals surface area contributed by atoms with Crippen molar-refractivity contribution in [2.45, 2.75) is 101 Å². The standard InChI is InChI=1S/C22H28N2O3.C19H24O3/c1-14-11-15(2)13-17(12-14)21(26)24(22(4,5)6)23-20(25)18-9-8-10-19(27-7)16(18)3;1-7-8-13-12(4)16(10-15(13)20)22-18(21)17-14(9-11(2)3)19(17,5)6/h8-13H,1-7H3,(H,23,25);1,9,14,16-17H,8,10H2,2-6H3/t;14?,16-,17?/m.0/s1. The number of rotatable bonds is 7. The van der Waals surface area contributed by atoms with Gasteiger partial charge in [-0.25, -0.2) is 5.01 Å². The number of terminal acetylenes is 1. The van der Waals surface area contributed by atoms with Gasteiger partial charge in [-0.05, 0) is 103 Å². The number of amides is 2. The second-order valence-electron chi connectivity index (χ2n) is 14.9. The molecule has 2 aliphatic carbocycles. The summed E-state index contributed by atoms with van der Waals surface area (Å²) in [5, 5.41) is 1.39. The van der Waals surface area contributed by atoms with E-state index < -0.39 is 11.6 Å². The minimum absolute atomic E-state index is 0.00385. The lowest BCUT2D eigenvalue weighted by molar-refractivity contribution is -0.150. The van der Waals surface area contributed by atoms with Gasteiger partial charge in [0.25, 0.3) is 11.8 Å². The first-order valence-corrected chi connectivity index (χ1v) is 16.6. The van der Waals surface area contributed by atoms with Crippen LogP contribution in [0, 0.1) is 50.4 Å². The number of esters is 1. The van der Waals surface area contributed by atoms with Crippen molar-refractivity contribution in [3.8, 4) is 18.1 Å². The Morgan fingerprint density at radius 1 is 1.06 bits per heavy atom. The fourth-order valence-corrected chi connectivity index (χ4v) is 6.33. The number of aryl methyl sites for hydroxylation is 2. The molecule has 1 saturated carbocycles. The minimum Gasteiger partial charge on any atom is -0.496 e. The summed E-state index contributed by atoms with van der Waals surface area (Å²) in [6.07, 6.45) is 7.53. The molecule has 0 saturated heterocycles. The molecular formula is C41H52N2O6. The predicted octanol–water partition coefficient (Wildman–Crippen LogP) is 7.66. The Morgan fingerprint density at radius 2 is 1.67 bits per heavy atom. The summed E-state index contributed by atoms with van der Waals surface area (Å²) >= 11 is 0. The smallest absolute Gasteiger partial charge is 0.310 e. The molecule has 0 aliphatic heterocycles. The molecule has 0 radical (unpaired) electrons. The molecule has 2 amide bonds. The van der Waals surface area contributed by atoms with Crippen molar-refractivity contribution in [2.24, 2.45) is 17.3 Å². The number of ether oxygens (including phenoxy) is 2. The maximum Gasteiger partial charge on any atom is 0.310 e. The summed E-state index contributed by atoms with van der Waals surface area (Å²) in [4.78, 5) is 50.5. The Bertz CT molecular complexity index is 1710. The van der Waals surface area contributed by atoms with E-state index in [1.54, 1.807) is 25.3 Å². The fourth-order valence-electron chi connectivity index (χ4n) is 6.33. The van der Waals surface area contributed by atoms with Crippen LogP contribution in [0.15, 0.2) is 59.2 Å². The summed E-state index contributed by atoms with van der Waals surface area (Å²) in [6.45, 7) is 21.4. The Hall–Kier alpha value is -4.64. The maximum absolute atomic E-state index is 13.2. The number of methoxy groups -OCH3 is 1. The lowest BCUT2D eigenvalue weighted by Gasteiger charge is -2.35. The van der Waals surface area contributed by atoms with E-state index in [9.17, 15) is 19.2 Å². The predicted molar refractivity (Wildman–Crippen MR) is 193 cm³/mol. The molecule has 49 heavy (non-hydrogen) atoms. The monoisotopic (exact) mass is 668 g/mol. The van der Waals surface area contributed by atoms with Crippen LogP contribution in [-0.2, 0) is 14.3 Å². The topological polar surface area (TPSA) is 102 Å². The van der Waals surface area contributed by atoms with Gasteiger partial charge in [-0.1, -0.05) is 48.8 Å². The molecule has 3 atom stereocenters. The van der Waals surface area contributed by atoms with Crippen LogP contribution in [0.5, 0.6) is 5.75 Å². The first-order chi connectivity index (χ1) is 22.7. The van der Waals surface area contributed by atoms with Crippen molar-refractivity contribution in [2.75, 3.05) is 7.11 Å². The van der Waals surface area contributed by atoms with Gasteiger partial charge >= 0.3 is 5.97 Å². The highest BCUT2D eigenvalue weighted by Gasteiger charge is 2.61. The third-order valence-corrected chi connectivity index (χ3v) is 9.19. The van der Waals surface area contributed by atoms with Crippen molar-refractivity contribution >= 4 is 23.6 Å². The number of hydrogen-bond acceptors (Lipinski definition) is 6. The first-order valence-electron chi connectivity index (χ1n) is 16.6. The van der Waals surface area contributed by atoms with E-state index in [0.29, 0.717) is 28.9 Å². The van der Waals surface area contributed by atoms with Gasteiger partial charge in [0.2, 0.25) is 0 Å². The number of benzene rings is 2. The van der Waals surface area contributed by atoms with Gasteiger partial charge in [-0.2, -0.15) is 0 Å². The van der Waals surface area contributed by atoms with Crippen LogP contribution in [0.25, 0.3) is 0 Å². The van der Waals surface area contributed by atoms with Gasteiger partial charge in [0.1, 0.15) is 11.9 Å². The van der Waals surface area contributed by atoms with Crippen LogP contribution in [-0.4, -0.2) is 47.3 Å². The summed E-state index contributed by atoms with van der Waals surface area (Å²) in [5.41, 5.74) is 8.52. The van der Waals surface area contributed by atoms with Crippen molar-refractivity contribution in [1.29, 1.82) is 0 Å². The SMILES string of the molecule is C#CCC1=C(C)[C@@H](OC(=O)C2C(C=C(C)C)C2(C)C)CC1=O.COc1cccc(C(=O)NN(C(=O)c2cc(C)cc(C)c2)C(C)(C)C)c1C. The van der Waals surface area contributed by atoms with Gasteiger partial charge in [0, 0.05) is 28.7 Å². The van der Waals surface area contributed by atoms with Gasteiger partial charge in [0.05, 0.1) is 25.0 Å². The molecule has 2 aromatic rings. The molecule has 1 fully saturated rings. The molecule has 0 heterocycles. The number of allylic oxidation sites excluding steroid dienone is 3. The van der Waals surface area contributed by atoms with Crippen molar-refractivity contribution in [3.05, 3.63) is 87.0 Å². The summed E-state index contributed by atoms with van der Waals surface area (Å²) in [5.74, 6) is 2.43. The average Bonchev–Trinajstić information content (AvgIpc) is 3.43. The minimum atomic E-state index is -0.600. The van der Waals surface area contributed by atoms with E-state index in [1.807, 2.05) is 80.5 Å². The Kier molecular flexibility index (Phi) is 12.1. The number of carbonyl (C=O) groups excluding carboxylic acids is 4. The van der Waals surface area contributed by atoms with Crippen LogP contribution >= 0.6 is 0 Å². The zero-order valence-electron chi connectivity index (χ0n) is 31.2. The van der Waals surface area contributed by atoms with Crippen LogP contribution in [0.2, 0.25) is 0 Å². The van der Waals surface area contributed by atoms with Crippen molar-refractivity contribution in [3.63, 3.8) is 0 Å². The molecule has 2 unspecified atom stereocenters. The molecule has 2 aromatic carbocycles. The number of carbonyl (C=O) groups is 4. The molecule has 262 valence electrons. The quantitative estimate of drug-likeness (QED) is 0.141. The molecule has 4 rings (SSSR count). The lowest BCUT2D eigenvalue weighted by Crippen LogP contribution is -2.56. The lowest BCUT2D eigenvalue weighted by atomic mass is 10.0. The molecule has 0 aromatic heterocycles. The highest BCUT2D eigenvalue weighted by atomic mass is 16.5. The molecule has 8 nitrogen and oxygen atoms in total. The Labute approximate surface area is 292 Å². The Balaban J connectivity index is 0.000000271. The van der Waals surface area contributed by atoms with Gasteiger partial charge < -0.3 is 9.47 Å². The number of nitrogens with zero attached hydrogens (tertiary/aromatic N) is 1. The maximum atomic E-state index is 13.2. The molecular weight excluding hydrogens is 616 g/mol. The second kappa shape index (κ2) is 15.3. The third-order valence-electron chi connectivity index (χ3n) is 9.19. The summed E-state index contributed by atoms with van der Waals surface area (Å²) in [6, 6.07) is 10.9. The summed E-state index contributed by atoms with van der Waals surface area (Å²) < 4.78 is 10.9. The number of nitrogens with one attached hydrogen (secondary N) is 1. The van der Waals surface area contributed by atoms with Crippen molar-refractivity contribution in [1.82, 2.24) is 10.4 Å². The van der Waals surface area contributed by atoms with Gasteiger partial charge in [-0.15, -0.1) is 12.3 Å². The number of hydrogen-bond donors (Lipinski definition) is 1. The van der Waals surface area contributed by atoms with Crippen LogP contribution in [0.3, 0.4) is 0 Å². The van der Waals surface area contributed by atoms with E-state index in [1.165, 1.54) is 10.6 Å². The highest BCUT2D eigenvalue weighted by Crippen LogP contribution is 2.60. The molecule has 8 heteroatoms. The molecule has 1 N–H and O–H groups in total. The zero-order chi connectivity index (χ0) is 37.0. The molecule has 2 aliphatic rings. The first kappa shape index (κ1) is 38.8. The van der Waals surface area contributed by atoms with Crippen LogP contribution < -0.4 is 10.2 Å². The fraction of sp³-hybridized carbons (Fsp3) is 0.463. The van der Waals surface area contributed by atoms with Crippen LogP contribution in [0.4, 0.5) is 0 Å². The van der Waals surface area contributed by atoms with Gasteiger partial charge in [0.15, 0.2) is 5.78 Å². The second-order valence-corrected chi connectivity index (χ2v) is 14.9. The number of Topliss-reactive ketones (excluding diaryl/α,β-unsaturated/α-hetero) is 1. The van der Waals surface area contributed by atoms with E-state index in [2.05, 4.69) is 31.3 Å². The third kappa shape index (κ3) is 9.08. The number of ketones is 1. The molecule has 0 spiro atoms. The summed E-state index contributed by atoms with van der Waals surface area (Å²) in [7, 11) is 1.56. The van der Waals surface area contributed by atoms with E-state index in [0.717, 1.165) is 22.3 Å². The molecule has 0 bridgehead atoms. The Morgan fingerprint density at radius 3 is 2.20 bits per heavy atom. The normalized spacial score (nSPS) is 19.2. The van der Waals surface area contributed by atoms with Crippen molar-refractivity contribution < 1.29 is 28.7 Å². The zero-order valence-corrected chi connectivity index (χ0v) is 31.2. The van der Waals surface area contributed by atoms with E-state index in [4.69, 9.17) is 15.9 Å². The number of hydrazine groups is 1. The van der Waals surface area contributed by atoms with E-state index in [-0.39, 0.29) is 47.2 Å². The van der Waals surface area contributed by atoms with E-state index >= 15 is 0 Å². The van der Waals surface area contributed by atoms with Gasteiger partial charge in [-0.3, -0.25) is 24.6 Å².